The molecule has 5 nitrogen and oxygen atoms in total. The summed E-state index contributed by atoms with van der Waals surface area (Å²) in [5.41, 5.74) is 1.58. The van der Waals surface area contributed by atoms with Gasteiger partial charge in [-0.15, -0.1) is 0 Å². The first-order chi connectivity index (χ1) is 13.5. The summed E-state index contributed by atoms with van der Waals surface area (Å²) in [5, 5.41) is 10.7. The number of amides is 1. The molecule has 0 atom stereocenters. The number of ketones is 1. The monoisotopic (exact) mass is 394 g/mol. The number of carbonyl (C=O) groups excluding carboxylic acids is 2. The molecule has 0 bridgehead atoms. The Morgan fingerprint density at radius 2 is 1.64 bits per heavy atom. The SMILES string of the molecule is O=C(CCC(=O)N(Cc1ccccn1)c1ccccc1O)c1ccc(Cl)cc1. The molecule has 0 radical (unpaired) electrons. The van der Waals surface area contributed by atoms with E-state index in [9.17, 15) is 14.7 Å². The van der Waals surface area contributed by atoms with E-state index in [4.69, 9.17) is 11.6 Å². The fourth-order valence-electron chi connectivity index (χ4n) is 2.79. The van der Waals surface area contributed by atoms with Crippen LogP contribution in [0.4, 0.5) is 5.69 Å². The summed E-state index contributed by atoms with van der Waals surface area (Å²) in [7, 11) is 0. The first kappa shape index (κ1) is 19.6. The minimum absolute atomic E-state index is 0.00388. The van der Waals surface area contributed by atoms with Crippen molar-refractivity contribution in [1.29, 1.82) is 0 Å². The van der Waals surface area contributed by atoms with Gasteiger partial charge in [0.05, 0.1) is 17.9 Å². The first-order valence-corrected chi connectivity index (χ1v) is 9.19. The van der Waals surface area contributed by atoms with Crippen molar-refractivity contribution in [3.05, 3.63) is 89.2 Å². The highest BCUT2D eigenvalue weighted by atomic mass is 35.5. The number of hydrogen-bond acceptors (Lipinski definition) is 4. The number of Topliss-reactive ketones (excluding diaryl/α,β-unsaturated/α-hetero) is 1. The van der Waals surface area contributed by atoms with E-state index in [0.717, 1.165) is 0 Å². The van der Waals surface area contributed by atoms with E-state index in [1.165, 1.54) is 11.0 Å². The van der Waals surface area contributed by atoms with E-state index >= 15 is 0 Å². The van der Waals surface area contributed by atoms with Gasteiger partial charge in [0.25, 0.3) is 0 Å². The molecule has 0 saturated carbocycles. The van der Waals surface area contributed by atoms with E-state index in [0.29, 0.717) is 22.0 Å². The van der Waals surface area contributed by atoms with Crippen molar-refractivity contribution in [3.8, 4) is 5.75 Å². The predicted molar refractivity (Wildman–Crippen MR) is 109 cm³/mol. The second-order valence-electron chi connectivity index (χ2n) is 6.22. The number of benzene rings is 2. The molecule has 1 heterocycles. The number of rotatable bonds is 7. The van der Waals surface area contributed by atoms with E-state index in [1.807, 2.05) is 6.07 Å². The third-order valence-electron chi connectivity index (χ3n) is 4.25. The maximum absolute atomic E-state index is 12.9. The van der Waals surface area contributed by atoms with Crippen molar-refractivity contribution in [1.82, 2.24) is 4.98 Å². The van der Waals surface area contributed by atoms with Gasteiger partial charge in [0.15, 0.2) is 5.78 Å². The zero-order chi connectivity index (χ0) is 19.9. The van der Waals surface area contributed by atoms with Crippen LogP contribution in [0.2, 0.25) is 5.02 Å². The topological polar surface area (TPSA) is 70.5 Å². The van der Waals surface area contributed by atoms with Gasteiger partial charge in [0.1, 0.15) is 5.75 Å². The Balaban J connectivity index is 1.75. The molecule has 1 aromatic heterocycles. The molecule has 0 aliphatic carbocycles. The van der Waals surface area contributed by atoms with Crippen LogP contribution in [-0.2, 0) is 11.3 Å². The van der Waals surface area contributed by atoms with Crippen molar-refractivity contribution in [3.63, 3.8) is 0 Å². The van der Waals surface area contributed by atoms with Crippen molar-refractivity contribution in [2.45, 2.75) is 19.4 Å². The lowest BCUT2D eigenvalue weighted by atomic mass is 10.1. The summed E-state index contributed by atoms with van der Waals surface area (Å²) < 4.78 is 0. The lowest BCUT2D eigenvalue weighted by Gasteiger charge is -2.23. The molecule has 28 heavy (non-hydrogen) atoms. The number of aromatic nitrogens is 1. The summed E-state index contributed by atoms with van der Waals surface area (Å²) in [6, 6.07) is 18.6. The van der Waals surface area contributed by atoms with E-state index in [1.54, 1.807) is 60.8 Å². The van der Waals surface area contributed by atoms with Crippen LogP contribution in [0.3, 0.4) is 0 Å². The molecular weight excluding hydrogens is 376 g/mol. The molecule has 3 rings (SSSR count). The van der Waals surface area contributed by atoms with Crippen LogP contribution in [-0.4, -0.2) is 21.8 Å². The van der Waals surface area contributed by atoms with Crippen molar-refractivity contribution < 1.29 is 14.7 Å². The second kappa shape index (κ2) is 9.15. The average Bonchev–Trinajstić information content (AvgIpc) is 2.72. The van der Waals surface area contributed by atoms with Crippen LogP contribution >= 0.6 is 11.6 Å². The van der Waals surface area contributed by atoms with Gasteiger partial charge >= 0.3 is 0 Å². The maximum Gasteiger partial charge on any atom is 0.227 e. The number of nitrogens with zero attached hydrogens (tertiary/aromatic N) is 2. The number of pyridine rings is 1. The van der Waals surface area contributed by atoms with Crippen LogP contribution in [0, 0.1) is 0 Å². The van der Waals surface area contributed by atoms with Gasteiger partial charge in [-0.05, 0) is 48.5 Å². The maximum atomic E-state index is 12.9. The number of carbonyl (C=O) groups is 2. The average molecular weight is 395 g/mol. The van der Waals surface area contributed by atoms with E-state index < -0.39 is 0 Å². The molecular formula is C22H19ClN2O3. The second-order valence-corrected chi connectivity index (χ2v) is 6.66. The molecule has 0 saturated heterocycles. The third kappa shape index (κ3) is 4.96. The summed E-state index contributed by atoms with van der Waals surface area (Å²) in [5.74, 6) is -0.412. The highest BCUT2D eigenvalue weighted by Gasteiger charge is 2.20. The number of aromatic hydroxyl groups is 1. The molecule has 0 fully saturated rings. The highest BCUT2D eigenvalue weighted by molar-refractivity contribution is 6.30. The number of phenols is 1. The minimum atomic E-state index is -0.269. The van der Waals surface area contributed by atoms with E-state index in [2.05, 4.69) is 4.98 Å². The Bertz CT molecular complexity index is 959. The Labute approximate surface area is 168 Å². The Morgan fingerprint density at radius 3 is 2.32 bits per heavy atom. The van der Waals surface area contributed by atoms with Gasteiger partial charge in [0, 0.05) is 29.6 Å². The molecule has 0 aliphatic heterocycles. The zero-order valence-corrected chi connectivity index (χ0v) is 15.8. The standard InChI is InChI=1S/C22H19ClN2O3/c23-17-10-8-16(9-11-17)20(26)12-13-22(28)25(15-18-5-3-4-14-24-18)19-6-1-2-7-21(19)27/h1-11,14,27H,12-13,15H2. The molecule has 1 amide bonds. The first-order valence-electron chi connectivity index (χ1n) is 8.81. The molecule has 0 aliphatic rings. The Morgan fingerprint density at radius 1 is 0.929 bits per heavy atom. The smallest absolute Gasteiger partial charge is 0.227 e. The number of para-hydroxylation sites is 2. The number of halogens is 1. The van der Waals surface area contributed by atoms with Gasteiger partial charge in [-0.25, -0.2) is 0 Å². The molecule has 6 heteroatoms. The lowest BCUT2D eigenvalue weighted by molar-refractivity contribution is -0.118. The minimum Gasteiger partial charge on any atom is -0.506 e. The van der Waals surface area contributed by atoms with Gasteiger partial charge in [-0.2, -0.15) is 0 Å². The fourth-order valence-corrected chi connectivity index (χ4v) is 2.92. The van der Waals surface area contributed by atoms with Crippen molar-refractivity contribution in [2.75, 3.05) is 4.90 Å². The van der Waals surface area contributed by atoms with Crippen LogP contribution in [0.25, 0.3) is 0 Å². The number of phenolic OH excluding ortho intramolecular Hbond substituents is 1. The van der Waals surface area contributed by atoms with Crippen LogP contribution in [0.15, 0.2) is 72.9 Å². The summed E-state index contributed by atoms with van der Waals surface area (Å²) in [6.45, 7) is 0.201. The molecule has 3 aromatic rings. The van der Waals surface area contributed by atoms with Crippen LogP contribution in [0.5, 0.6) is 5.75 Å². The molecule has 0 unspecified atom stereocenters. The van der Waals surface area contributed by atoms with Crippen molar-refractivity contribution in [2.24, 2.45) is 0 Å². The predicted octanol–water partition coefficient (Wildman–Crippen LogP) is 4.64. The third-order valence-corrected chi connectivity index (χ3v) is 4.50. The van der Waals surface area contributed by atoms with E-state index in [-0.39, 0.29) is 36.8 Å². The lowest BCUT2D eigenvalue weighted by Crippen LogP contribution is -2.31. The quantitative estimate of drug-likeness (QED) is 0.593. The van der Waals surface area contributed by atoms with Gasteiger partial charge in [-0.3, -0.25) is 14.6 Å². The highest BCUT2D eigenvalue weighted by Crippen LogP contribution is 2.28. The normalized spacial score (nSPS) is 10.5. The Kier molecular flexibility index (Phi) is 6.40. The molecule has 142 valence electrons. The van der Waals surface area contributed by atoms with Crippen LogP contribution < -0.4 is 4.90 Å². The number of hydrogen-bond donors (Lipinski definition) is 1. The summed E-state index contributed by atoms with van der Waals surface area (Å²) in [4.78, 5) is 31.0. The van der Waals surface area contributed by atoms with Gasteiger partial charge < -0.3 is 10.0 Å². The molecule has 2 aromatic carbocycles. The fraction of sp³-hybridized carbons (Fsp3) is 0.136. The van der Waals surface area contributed by atoms with Crippen molar-refractivity contribution >= 4 is 29.0 Å². The Hall–Kier alpha value is -3.18. The molecule has 1 N–H and O–H groups in total. The number of anilines is 1. The van der Waals surface area contributed by atoms with Crippen LogP contribution in [0.1, 0.15) is 28.9 Å². The largest absolute Gasteiger partial charge is 0.506 e. The summed E-state index contributed by atoms with van der Waals surface area (Å²) >= 11 is 5.84. The summed E-state index contributed by atoms with van der Waals surface area (Å²) in [6.07, 6.45) is 1.72. The van der Waals surface area contributed by atoms with Gasteiger partial charge in [0.2, 0.25) is 5.91 Å². The zero-order valence-electron chi connectivity index (χ0n) is 15.1. The van der Waals surface area contributed by atoms with Gasteiger partial charge in [-0.1, -0.05) is 29.8 Å². The molecule has 0 spiro atoms.